The first-order valence-electron chi connectivity index (χ1n) is 8.97. The fourth-order valence-electron chi connectivity index (χ4n) is 3.14. The summed E-state index contributed by atoms with van der Waals surface area (Å²) in [5, 5.41) is 8.05. The molecule has 2 aromatic carbocycles. The van der Waals surface area contributed by atoms with Gasteiger partial charge >= 0.3 is 6.03 Å². The summed E-state index contributed by atoms with van der Waals surface area (Å²) < 4.78 is 33.4. The summed E-state index contributed by atoms with van der Waals surface area (Å²) in [5.74, 6) is 0.941. The third-order valence-corrected chi connectivity index (χ3v) is 6.37. The Morgan fingerprint density at radius 1 is 0.931 bits per heavy atom. The third kappa shape index (κ3) is 4.60. The zero-order valence-corrected chi connectivity index (χ0v) is 16.1. The molecule has 2 heterocycles. The summed E-state index contributed by atoms with van der Waals surface area (Å²) in [6.45, 7) is 0.158. The fourth-order valence-corrected chi connectivity index (χ4v) is 4.82. The lowest BCUT2D eigenvalue weighted by Crippen LogP contribution is -2.38. The van der Waals surface area contributed by atoms with Crippen LogP contribution in [0.2, 0.25) is 0 Å². The first kappa shape index (κ1) is 19.1. The number of hydrogen-bond donors (Lipinski definition) is 3. The maximum Gasteiger partial charge on any atom is 0.319 e. The van der Waals surface area contributed by atoms with Gasteiger partial charge in [0.05, 0.1) is 11.5 Å². The van der Waals surface area contributed by atoms with Crippen molar-refractivity contribution in [2.45, 2.75) is 12.5 Å². The fraction of sp³-hybridized carbons (Fsp3) is 0.263. The normalized spacial score (nSPS) is 18.8. The van der Waals surface area contributed by atoms with Crippen LogP contribution in [0.4, 0.5) is 16.2 Å². The summed E-state index contributed by atoms with van der Waals surface area (Å²) in [4.78, 5) is 24.4. The number of carbonyl (C=O) groups is 2. The van der Waals surface area contributed by atoms with E-state index in [1.165, 1.54) is 0 Å². The van der Waals surface area contributed by atoms with E-state index in [-0.39, 0.29) is 30.2 Å². The molecule has 3 amide bonds. The molecule has 2 aromatic rings. The number of carbonyl (C=O) groups excluding carboxylic acids is 2. The Kier molecular flexibility index (Phi) is 5.01. The number of sulfone groups is 1. The molecule has 1 saturated heterocycles. The first-order chi connectivity index (χ1) is 13.9. The van der Waals surface area contributed by atoms with Gasteiger partial charge in [0, 0.05) is 29.0 Å². The SMILES string of the molecule is O=C(Nc1ccc(C(=O)Nc2ccc3c(c2)OCO3)cc1)N[C@@H]1CCS(=O)(=O)C1. The van der Waals surface area contributed by atoms with E-state index >= 15 is 0 Å². The van der Waals surface area contributed by atoms with Crippen molar-refractivity contribution in [2.75, 3.05) is 28.9 Å². The minimum Gasteiger partial charge on any atom is -0.454 e. The Morgan fingerprint density at radius 3 is 2.38 bits per heavy atom. The Hall–Kier alpha value is -3.27. The highest BCUT2D eigenvalue weighted by Crippen LogP contribution is 2.34. The molecule has 1 fully saturated rings. The van der Waals surface area contributed by atoms with Crippen molar-refractivity contribution in [3.63, 3.8) is 0 Å². The van der Waals surface area contributed by atoms with E-state index < -0.39 is 15.9 Å². The molecule has 1 atom stereocenters. The zero-order valence-electron chi connectivity index (χ0n) is 15.3. The van der Waals surface area contributed by atoms with Crippen LogP contribution in [0.15, 0.2) is 42.5 Å². The van der Waals surface area contributed by atoms with E-state index in [0.717, 1.165) is 0 Å². The third-order valence-electron chi connectivity index (χ3n) is 4.60. The van der Waals surface area contributed by atoms with E-state index in [9.17, 15) is 18.0 Å². The van der Waals surface area contributed by atoms with Gasteiger partial charge < -0.3 is 25.4 Å². The molecule has 2 aliphatic rings. The highest BCUT2D eigenvalue weighted by atomic mass is 32.2. The molecule has 0 unspecified atom stereocenters. The van der Waals surface area contributed by atoms with E-state index in [2.05, 4.69) is 16.0 Å². The highest BCUT2D eigenvalue weighted by molar-refractivity contribution is 7.91. The van der Waals surface area contributed by atoms with Gasteiger partial charge in [-0.25, -0.2) is 13.2 Å². The van der Waals surface area contributed by atoms with Crippen LogP contribution in [0, 0.1) is 0 Å². The van der Waals surface area contributed by atoms with Gasteiger partial charge in [-0.1, -0.05) is 0 Å². The molecule has 3 N–H and O–H groups in total. The Balaban J connectivity index is 1.32. The summed E-state index contributed by atoms with van der Waals surface area (Å²) in [6.07, 6.45) is 0.411. The molecular formula is C19H19N3O6S. The average Bonchev–Trinajstić information content (AvgIpc) is 3.27. The van der Waals surface area contributed by atoms with Gasteiger partial charge in [-0.15, -0.1) is 0 Å². The molecule has 0 bridgehead atoms. The molecular weight excluding hydrogens is 398 g/mol. The van der Waals surface area contributed by atoms with E-state index in [1.54, 1.807) is 42.5 Å². The number of urea groups is 1. The molecule has 0 spiro atoms. The van der Waals surface area contributed by atoms with Gasteiger partial charge in [0.25, 0.3) is 5.91 Å². The van der Waals surface area contributed by atoms with Gasteiger partial charge in [0.1, 0.15) is 0 Å². The van der Waals surface area contributed by atoms with Crippen molar-refractivity contribution in [3.05, 3.63) is 48.0 Å². The predicted molar refractivity (Wildman–Crippen MR) is 106 cm³/mol. The number of ether oxygens (including phenoxy) is 2. The Bertz CT molecular complexity index is 1050. The van der Waals surface area contributed by atoms with E-state index in [1.807, 2.05) is 0 Å². The van der Waals surface area contributed by atoms with Crippen LogP contribution in [0.5, 0.6) is 11.5 Å². The second-order valence-electron chi connectivity index (χ2n) is 6.80. The monoisotopic (exact) mass is 417 g/mol. The highest BCUT2D eigenvalue weighted by Gasteiger charge is 2.28. The average molecular weight is 417 g/mol. The topological polar surface area (TPSA) is 123 Å². The minimum atomic E-state index is -3.06. The molecule has 29 heavy (non-hydrogen) atoms. The lowest BCUT2D eigenvalue weighted by Gasteiger charge is -2.12. The van der Waals surface area contributed by atoms with Gasteiger partial charge in [0.15, 0.2) is 21.3 Å². The van der Waals surface area contributed by atoms with Crippen molar-refractivity contribution >= 4 is 33.2 Å². The molecule has 152 valence electrons. The van der Waals surface area contributed by atoms with Crippen molar-refractivity contribution in [2.24, 2.45) is 0 Å². The standard InChI is InChI=1S/C19H19N3O6S/c23-18(20-14-5-6-16-17(9-14)28-11-27-16)12-1-3-13(4-2-12)21-19(24)22-15-7-8-29(25,26)10-15/h1-6,9,15H,7-8,10-11H2,(H,20,23)(H2,21,22,24)/t15-/m1/s1. The predicted octanol–water partition coefficient (Wildman–Crippen LogP) is 1.98. The molecule has 0 aliphatic carbocycles. The number of benzene rings is 2. The van der Waals surface area contributed by atoms with Crippen molar-refractivity contribution in [1.29, 1.82) is 0 Å². The van der Waals surface area contributed by atoms with Crippen molar-refractivity contribution in [1.82, 2.24) is 5.32 Å². The lowest BCUT2D eigenvalue weighted by atomic mass is 10.2. The molecule has 2 aliphatic heterocycles. The van der Waals surface area contributed by atoms with Gasteiger partial charge in [-0.3, -0.25) is 4.79 Å². The lowest BCUT2D eigenvalue weighted by molar-refractivity contribution is 0.102. The largest absolute Gasteiger partial charge is 0.454 e. The van der Waals surface area contributed by atoms with Crippen LogP contribution in [0.3, 0.4) is 0 Å². The Labute approximate surface area is 167 Å². The maximum absolute atomic E-state index is 12.4. The van der Waals surface area contributed by atoms with Crippen LogP contribution >= 0.6 is 0 Å². The summed E-state index contributed by atoms with van der Waals surface area (Å²) in [7, 11) is -3.06. The van der Waals surface area contributed by atoms with Gasteiger partial charge in [0.2, 0.25) is 6.79 Å². The summed E-state index contributed by atoms with van der Waals surface area (Å²) in [5.41, 5.74) is 1.48. The molecule has 0 aromatic heterocycles. The summed E-state index contributed by atoms with van der Waals surface area (Å²) >= 11 is 0. The maximum atomic E-state index is 12.4. The smallest absolute Gasteiger partial charge is 0.319 e. The van der Waals surface area contributed by atoms with Crippen molar-refractivity contribution in [3.8, 4) is 11.5 Å². The van der Waals surface area contributed by atoms with Crippen LogP contribution in [0.1, 0.15) is 16.8 Å². The molecule has 0 radical (unpaired) electrons. The van der Waals surface area contributed by atoms with Crippen LogP contribution in [0.25, 0.3) is 0 Å². The quantitative estimate of drug-likeness (QED) is 0.699. The molecule has 0 saturated carbocycles. The van der Waals surface area contributed by atoms with Crippen molar-refractivity contribution < 1.29 is 27.5 Å². The number of anilines is 2. The molecule has 9 nitrogen and oxygen atoms in total. The number of amides is 3. The minimum absolute atomic E-state index is 0.0423. The van der Waals surface area contributed by atoms with Crippen LogP contribution < -0.4 is 25.4 Å². The van der Waals surface area contributed by atoms with Gasteiger partial charge in [-0.2, -0.15) is 0 Å². The van der Waals surface area contributed by atoms with Gasteiger partial charge in [-0.05, 0) is 42.8 Å². The number of nitrogens with one attached hydrogen (secondary N) is 3. The number of rotatable bonds is 4. The zero-order chi connectivity index (χ0) is 20.4. The van der Waals surface area contributed by atoms with E-state index in [4.69, 9.17) is 9.47 Å². The van der Waals surface area contributed by atoms with Crippen LogP contribution in [-0.2, 0) is 9.84 Å². The molecule has 4 rings (SSSR count). The number of hydrogen-bond acceptors (Lipinski definition) is 6. The summed E-state index contributed by atoms with van der Waals surface area (Å²) in [6, 6.07) is 10.6. The second kappa shape index (κ2) is 7.63. The van der Waals surface area contributed by atoms with Crippen LogP contribution in [-0.4, -0.2) is 44.7 Å². The second-order valence-corrected chi connectivity index (χ2v) is 9.03. The Morgan fingerprint density at radius 2 is 1.66 bits per heavy atom. The molecule has 10 heteroatoms. The first-order valence-corrected chi connectivity index (χ1v) is 10.8. The number of fused-ring (bicyclic) bond motifs is 1. The van der Waals surface area contributed by atoms with E-state index in [0.29, 0.717) is 34.9 Å².